The van der Waals surface area contributed by atoms with E-state index < -0.39 is 11.2 Å². The van der Waals surface area contributed by atoms with Crippen LogP contribution in [0.25, 0.3) is 0 Å². The second-order valence-electron chi connectivity index (χ2n) is 8.54. The highest BCUT2D eigenvalue weighted by molar-refractivity contribution is 6.31. The summed E-state index contributed by atoms with van der Waals surface area (Å²) in [5.41, 5.74) is 0.342. The highest BCUT2D eigenvalue weighted by atomic mass is 35.5. The highest BCUT2D eigenvalue weighted by Crippen LogP contribution is 2.54. The first kappa shape index (κ1) is 23.4. The molecule has 2 unspecified atom stereocenters. The predicted octanol–water partition coefficient (Wildman–Crippen LogP) is 6.02. The monoisotopic (exact) mass is 486 g/mol. The van der Waals surface area contributed by atoms with Crippen molar-refractivity contribution >= 4 is 11.6 Å². The van der Waals surface area contributed by atoms with Crippen molar-refractivity contribution in [3.63, 3.8) is 0 Å². The van der Waals surface area contributed by atoms with Gasteiger partial charge >= 0.3 is 0 Å². The number of rotatable bonds is 6. The largest absolute Gasteiger partial charge is 0.494 e. The van der Waals surface area contributed by atoms with Gasteiger partial charge in [0, 0.05) is 16.1 Å². The van der Waals surface area contributed by atoms with Crippen LogP contribution in [0.1, 0.15) is 47.2 Å². The molecule has 4 nitrogen and oxygen atoms in total. The molecule has 0 saturated heterocycles. The van der Waals surface area contributed by atoms with Crippen molar-refractivity contribution in [3.05, 3.63) is 129 Å². The molecule has 0 spiro atoms. The van der Waals surface area contributed by atoms with E-state index in [-0.39, 0.29) is 0 Å². The smallest absolute Gasteiger partial charge is 0.142 e. The summed E-state index contributed by atoms with van der Waals surface area (Å²) in [5, 5.41) is 25.3. The summed E-state index contributed by atoms with van der Waals surface area (Å²) in [7, 11) is 0. The van der Waals surface area contributed by atoms with Crippen molar-refractivity contribution in [2.24, 2.45) is 0 Å². The van der Waals surface area contributed by atoms with Gasteiger partial charge in [-0.2, -0.15) is 0 Å². The molecule has 0 amide bonds. The van der Waals surface area contributed by atoms with Gasteiger partial charge in [0.25, 0.3) is 0 Å². The van der Waals surface area contributed by atoms with E-state index in [0.717, 1.165) is 5.75 Å². The van der Waals surface area contributed by atoms with Gasteiger partial charge in [0.05, 0.1) is 13.2 Å². The first-order chi connectivity index (χ1) is 16.9. The van der Waals surface area contributed by atoms with E-state index >= 15 is 0 Å². The summed E-state index contributed by atoms with van der Waals surface area (Å²) < 4.78 is 11.2. The minimum absolute atomic E-state index is 0.373. The zero-order chi connectivity index (χ0) is 24.6. The third-order valence-electron chi connectivity index (χ3n) is 6.64. The van der Waals surface area contributed by atoms with Gasteiger partial charge in [-0.1, -0.05) is 72.3 Å². The quantitative estimate of drug-likeness (QED) is 0.350. The van der Waals surface area contributed by atoms with Crippen LogP contribution in [-0.4, -0.2) is 23.4 Å². The van der Waals surface area contributed by atoms with Crippen LogP contribution in [0.4, 0.5) is 0 Å². The van der Waals surface area contributed by atoms with E-state index in [1.807, 2.05) is 92.7 Å². The first-order valence-electron chi connectivity index (χ1n) is 11.8. The molecule has 2 N–H and O–H groups in total. The van der Waals surface area contributed by atoms with Gasteiger partial charge in [-0.25, -0.2) is 0 Å². The molecule has 2 atom stereocenters. The van der Waals surface area contributed by atoms with Gasteiger partial charge in [-0.15, -0.1) is 0 Å². The zero-order valence-corrected chi connectivity index (χ0v) is 20.4. The van der Waals surface area contributed by atoms with Crippen LogP contribution in [0.2, 0.25) is 5.02 Å². The molecule has 0 aliphatic heterocycles. The Morgan fingerprint density at radius 2 is 1.06 bits per heavy atom. The Kier molecular flexibility index (Phi) is 6.06. The fourth-order valence-corrected chi connectivity index (χ4v) is 5.43. The van der Waals surface area contributed by atoms with Gasteiger partial charge in [-0.3, -0.25) is 0 Å². The van der Waals surface area contributed by atoms with Crippen LogP contribution in [-0.2, 0) is 11.2 Å². The summed E-state index contributed by atoms with van der Waals surface area (Å²) in [6.45, 7) is 4.96. The average molecular weight is 487 g/mol. The number of ether oxygens (including phenoxy) is 2. The molecule has 35 heavy (non-hydrogen) atoms. The molecule has 0 radical (unpaired) electrons. The van der Waals surface area contributed by atoms with Crippen LogP contribution in [0.5, 0.6) is 11.5 Å². The van der Waals surface area contributed by atoms with Gasteiger partial charge in [-0.05, 0) is 66.4 Å². The minimum atomic E-state index is -1.58. The van der Waals surface area contributed by atoms with Crippen LogP contribution < -0.4 is 9.47 Å². The number of fused-ring (bicyclic) bond motifs is 2. The SMILES string of the molecule is CCOc1ccc(C2(O)c3ccccc3C(O)(c3ccc(OCC)cc3)c3c(Cl)cccc32)cc1. The lowest BCUT2D eigenvalue weighted by Crippen LogP contribution is -2.44. The average Bonchev–Trinajstić information content (AvgIpc) is 2.88. The molecule has 0 aromatic heterocycles. The van der Waals surface area contributed by atoms with Gasteiger partial charge in [0.1, 0.15) is 22.7 Å². The predicted molar refractivity (Wildman–Crippen MR) is 137 cm³/mol. The molecule has 5 heteroatoms. The van der Waals surface area contributed by atoms with Crippen LogP contribution in [0.15, 0.2) is 91.0 Å². The maximum atomic E-state index is 12.5. The normalized spacial score (nSPS) is 20.6. The Hall–Kier alpha value is -3.31. The Morgan fingerprint density at radius 1 is 0.600 bits per heavy atom. The highest BCUT2D eigenvalue weighted by Gasteiger charge is 2.51. The van der Waals surface area contributed by atoms with Crippen molar-refractivity contribution in [3.8, 4) is 11.5 Å². The number of aliphatic hydroxyl groups is 2. The fourth-order valence-electron chi connectivity index (χ4n) is 5.12. The summed E-state index contributed by atoms with van der Waals surface area (Å²) in [6, 6.07) is 27.6. The second kappa shape index (κ2) is 9.04. The maximum Gasteiger partial charge on any atom is 0.142 e. The second-order valence-corrected chi connectivity index (χ2v) is 8.95. The first-order valence-corrected chi connectivity index (χ1v) is 12.1. The Labute approximate surface area is 210 Å². The van der Waals surface area contributed by atoms with E-state index in [0.29, 0.717) is 57.4 Å². The van der Waals surface area contributed by atoms with Crippen LogP contribution >= 0.6 is 11.6 Å². The molecular weight excluding hydrogens is 460 g/mol. The van der Waals surface area contributed by atoms with Crippen LogP contribution in [0.3, 0.4) is 0 Å². The van der Waals surface area contributed by atoms with E-state index in [1.54, 1.807) is 12.1 Å². The third kappa shape index (κ3) is 3.61. The molecule has 0 bridgehead atoms. The summed E-state index contributed by atoms with van der Waals surface area (Å²) >= 11 is 6.79. The van der Waals surface area contributed by atoms with Gasteiger partial charge in [0.2, 0.25) is 0 Å². The standard InChI is InChI=1S/C30H27ClO4/c1-3-34-22-16-12-20(13-17-22)29(32)24-8-5-6-9-25(24)30(33,28-26(29)10-7-11-27(28)31)21-14-18-23(19-15-21)35-4-2/h5-19,32-33H,3-4H2,1-2H3. The van der Waals surface area contributed by atoms with Crippen molar-refractivity contribution in [1.82, 2.24) is 0 Å². The van der Waals surface area contributed by atoms with Crippen molar-refractivity contribution < 1.29 is 19.7 Å². The lowest BCUT2D eigenvalue weighted by Gasteiger charge is -2.45. The molecule has 0 fully saturated rings. The Morgan fingerprint density at radius 3 is 1.57 bits per heavy atom. The lowest BCUT2D eigenvalue weighted by molar-refractivity contribution is 0.0748. The van der Waals surface area contributed by atoms with Gasteiger partial charge < -0.3 is 19.7 Å². The summed E-state index contributed by atoms with van der Waals surface area (Å²) in [4.78, 5) is 0. The zero-order valence-electron chi connectivity index (χ0n) is 19.7. The van der Waals surface area contributed by atoms with Crippen LogP contribution in [0, 0.1) is 0 Å². The van der Waals surface area contributed by atoms with E-state index in [4.69, 9.17) is 21.1 Å². The van der Waals surface area contributed by atoms with Crippen molar-refractivity contribution in [2.45, 2.75) is 25.0 Å². The summed E-state index contributed by atoms with van der Waals surface area (Å²) in [5.74, 6) is 1.44. The summed E-state index contributed by atoms with van der Waals surface area (Å²) in [6.07, 6.45) is 0. The molecule has 4 aromatic rings. The molecular formula is C30H27ClO4. The van der Waals surface area contributed by atoms with Crippen molar-refractivity contribution in [1.29, 1.82) is 0 Å². The third-order valence-corrected chi connectivity index (χ3v) is 6.95. The number of halogens is 1. The minimum Gasteiger partial charge on any atom is -0.494 e. The maximum absolute atomic E-state index is 12.5. The molecule has 0 heterocycles. The van der Waals surface area contributed by atoms with E-state index in [9.17, 15) is 10.2 Å². The number of hydrogen-bond donors (Lipinski definition) is 2. The van der Waals surface area contributed by atoms with Gasteiger partial charge in [0.15, 0.2) is 0 Å². The molecule has 1 aliphatic carbocycles. The Balaban J connectivity index is 1.78. The fraction of sp³-hybridized carbons (Fsp3) is 0.200. The lowest BCUT2D eigenvalue weighted by atomic mass is 9.63. The van der Waals surface area contributed by atoms with Crippen molar-refractivity contribution in [2.75, 3.05) is 13.2 Å². The van der Waals surface area contributed by atoms with E-state index in [2.05, 4.69) is 0 Å². The molecule has 1 aliphatic rings. The number of benzene rings is 4. The molecule has 0 saturated carbocycles. The number of hydrogen-bond acceptors (Lipinski definition) is 4. The van der Waals surface area contributed by atoms with E-state index in [1.165, 1.54) is 0 Å². The Bertz CT molecular complexity index is 1350. The topological polar surface area (TPSA) is 58.9 Å². The molecule has 178 valence electrons. The molecule has 5 rings (SSSR count). The molecule has 4 aromatic carbocycles.